The van der Waals surface area contributed by atoms with Crippen molar-refractivity contribution in [3.63, 3.8) is 0 Å². The Hall–Kier alpha value is -0.480. The third-order valence-electron chi connectivity index (χ3n) is 2.05. The van der Waals surface area contributed by atoms with E-state index in [0.717, 1.165) is 6.07 Å². The van der Waals surface area contributed by atoms with Gasteiger partial charge in [-0.15, -0.1) is 0 Å². The predicted octanol–water partition coefficient (Wildman–Crippen LogP) is 0.476. The monoisotopic (exact) mass is 266 g/mol. The molecule has 0 bridgehead atoms. The topological polar surface area (TPSA) is 115 Å². The largest absolute Gasteiger partial charge is 0.356 e. The Bertz CT molecular complexity index is 485. The Morgan fingerprint density at radius 3 is 2.12 bits per heavy atom. The zero-order valence-electron chi connectivity index (χ0n) is 8.44. The van der Waals surface area contributed by atoms with Crippen molar-refractivity contribution in [3.05, 3.63) is 29.3 Å². The van der Waals surface area contributed by atoms with Crippen LogP contribution >= 0.6 is 15.2 Å². The molecular formula is C8H12O6P2. The highest BCUT2D eigenvalue weighted by Gasteiger charge is 2.21. The number of hydrogen-bond acceptors (Lipinski definition) is 2. The predicted molar refractivity (Wildman–Crippen MR) is 58.6 cm³/mol. The molecule has 1 aromatic rings. The highest BCUT2D eigenvalue weighted by atomic mass is 31.2. The van der Waals surface area contributed by atoms with Crippen molar-refractivity contribution in [2.24, 2.45) is 0 Å². The highest BCUT2D eigenvalue weighted by molar-refractivity contribution is 7.60. The van der Waals surface area contributed by atoms with Gasteiger partial charge in [-0.3, -0.25) is 9.13 Å². The summed E-state index contributed by atoms with van der Waals surface area (Å²) in [5.41, 5.74) is 0.828. The third kappa shape index (κ3) is 3.83. The summed E-state index contributed by atoms with van der Waals surface area (Å²) in [6.45, 7) is 1.62. The number of hydrogen-bond donors (Lipinski definition) is 4. The van der Waals surface area contributed by atoms with Crippen LogP contribution in [0.5, 0.6) is 0 Å². The van der Waals surface area contributed by atoms with Crippen LogP contribution in [0, 0.1) is 6.92 Å². The van der Waals surface area contributed by atoms with E-state index >= 15 is 0 Å². The van der Waals surface area contributed by atoms with Crippen molar-refractivity contribution in [1.29, 1.82) is 0 Å². The van der Waals surface area contributed by atoms with Crippen molar-refractivity contribution in [3.8, 4) is 0 Å². The second-order valence-electron chi connectivity index (χ2n) is 3.48. The fourth-order valence-electron chi connectivity index (χ4n) is 1.23. The summed E-state index contributed by atoms with van der Waals surface area (Å²) in [5.74, 6) is 0. The summed E-state index contributed by atoms with van der Waals surface area (Å²) in [4.78, 5) is 35.5. The van der Waals surface area contributed by atoms with Crippen LogP contribution in [0.1, 0.15) is 11.1 Å². The molecule has 90 valence electrons. The van der Waals surface area contributed by atoms with E-state index < -0.39 is 21.4 Å². The van der Waals surface area contributed by atoms with Gasteiger partial charge in [-0.2, -0.15) is 0 Å². The molecule has 0 heterocycles. The third-order valence-corrected chi connectivity index (χ3v) is 3.75. The summed E-state index contributed by atoms with van der Waals surface area (Å²) in [6.07, 6.45) is -0.521. The van der Waals surface area contributed by atoms with E-state index in [2.05, 4.69) is 0 Å². The fraction of sp³-hybridized carbons (Fsp3) is 0.250. The number of rotatable bonds is 3. The molecule has 0 aliphatic heterocycles. The van der Waals surface area contributed by atoms with Crippen LogP contribution in [-0.2, 0) is 15.3 Å². The molecule has 16 heavy (non-hydrogen) atoms. The van der Waals surface area contributed by atoms with Gasteiger partial charge in [0, 0.05) is 0 Å². The van der Waals surface area contributed by atoms with Gasteiger partial charge < -0.3 is 19.6 Å². The van der Waals surface area contributed by atoms with Gasteiger partial charge in [-0.05, 0) is 30.2 Å². The molecule has 0 radical (unpaired) electrons. The van der Waals surface area contributed by atoms with Crippen molar-refractivity contribution in [1.82, 2.24) is 0 Å². The normalized spacial score (nSPS) is 12.8. The van der Waals surface area contributed by atoms with E-state index in [-0.39, 0.29) is 10.9 Å². The first-order chi connectivity index (χ1) is 7.09. The molecule has 0 fully saturated rings. The lowest BCUT2D eigenvalue weighted by Crippen LogP contribution is -2.06. The zero-order chi connectivity index (χ0) is 12.6. The second kappa shape index (κ2) is 4.41. The highest BCUT2D eigenvalue weighted by Crippen LogP contribution is 2.41. The Kier molecular flexibility index (Phi) is 3.75. The lowest BCUT2D eigenvalue weighted by molar-refractivity contribution is 0.371. The Morgan fingerprint density at radius 1 is 1.12 bits per heavy atom. The average molecular weight is 266 g/mol. The van der Waals surface area contributed by atoms with Crippen LogP contribution in [0.25, 0.3) is 0 Å². The molecule has 0 saturated carbocycles. The molecule has 0 amide bonds. The maximum atomic E-state index is 11.0. The molecule has 1 rings (SSSR count). The smallest absolute Gasteiger partial charge is 0.324 e. The molecule has 1 aromatic carbocycles. The van der Waals surface area contributed by atoms with E-state index in [0.29, 0.717) is 5.56 Å². The van der Waals surface area contributed by atoms with Gasteiger partial charge in [0.2, 0.25) is 0 Å². The van der Waals surface area contributed by atoms with Gasteiger partial charge in [0.1, 0.15) is 0 Å². The summed E-state index contributed by atoms with van der Waals surface area (Å²) in [6, 6.07) is 3.81. The van der Waals surface area contributed by atoms with E-state index in [4.69, 9.17) is 19.6 Å². The molecule has 0 saturated heterocycles. The molecule has 0 unspecified atom stereocenters. The standard InChI is InChI=1S/C8H12O6P2/c1-6-2-3-8(16(12,13)14)4-7(6)5-15(9,10)11/h2-4H,5H2,1H3,(H2,9,10,11)(H2,12,13,14). The summed E-state index contributed by atoms with van der Waals surface area (Å²) in [7, 11) is -8.62. The molecule has 6 nitrogen and oxygen atoms in total. The van der Waals surface area contributed by atoms with Crippen LogP contribution in [0.2, 0.25) is 0 Å². The van der Waals surface area contributed by atoms with Crippen LogP contribution in [0.4, 0.5) is 0 Å². The molecular weight excluding hydrogens is 254 g/mol. The minimum atomic E-state index is -4.38. The maximum Gasteiger partial charge on any atom is 0.356 e. The summed E-state index contributed by atoms with van der Waals surface area (Å²) in [5, 5.41) is -0.235. The van der Waals surface area contributed by atoms with E-state index in [9.17, 15) is 9.13 Å². The van der Waals surface area contributed by atoms with Gasteiger partial charge >= 0.3 is 15.2 Å². The summed E-state index contributed by atoms with van der Waals surface area (Å²) < 4.78 is 21.8. The van der Waals surface area contributed by atoms with Gasteiger partial charge in [0.25, 0.3) is 0 Å². The molecule has 0 atom stereocenters. The van der Waals surface area contributed by atoms with Crippen molar-refractivity contribution in [2.45, 2.75) is 13.1 Å². The van der Waals surface area contributed by atoms with Gasteiger partial charge in [0.15, 0.2) is 0 Å². The summed E-state index contributed by atoms with van der Waals surface area (Å²) >= 11 is 0. The van der Waals surface area contributed by atoms with Crippen LogP contribution in [-0.4, -0.2) is 19.6 Å². The van der Waals surface area contributed by atoms with E-state index in [1.165, 1.54) is 12.1 Å². The van der Waals surface area contributed by atoms with Crippen molar-refractivity contribution in [2.75, 3.05) is 0 Å². The van der Waals surface area contributed by atoms with Crippen LogP contribution in [0.3, 0.4) is 0 Å². The first kappa shape index (κ1) is 13.6. The first-order valence-electron chi connectivity index (χ1n) is 4.30. The quantitative estimate of drug-likeness (QED) is 0.591. The Morgan fingerprint density at radius 2 is 1.69 bits per heavy atom. The second-order valence-corrected chi connectivity index (χ2v) is 6.73. The van der Waals surface area contributed by atoms with E-state index in [1.54, 1.807) is 6.92 Å². The van der Waals surface area contributed by atoms with Gasteiger partial charge in [-0.25, -0.2) is 0 Å². The van der Waals surface area contributed by atoms with Gasteiger partial charge in [0.05, 0.1) is 11.5 Å². The molecule has 0 aliphatic carbocycles. The molecule has 0 spiro atoms. The van der Waals surface area contributed by atoms with Crippen LogP contribution < -0.4 is 5.30 Å². The minimum absolute atomic E-state index is 0.235. The van der Waals surface area contributed by atoms with Crippen LogP contribution in [0.15, 0.2) is 18.2 Å². The number of benzene rings is 1. The Balaban J connectivity index is 3.20. The molecule has 0 aromatic heterocycles. The van der Waals surface area contributed by atoms with Gasteiger partial charge in [-0.1, -0.05) is 6.07 Å². The number of aryl methyl sites for hydroxylation is 1. The lowest BCUT2D eigenvalue weighted by Gasteiger charge is -2.10. The molecule has 4 N–H and O–H groups in total. The SMILES string of the molecule is Cc1ccc(P(=O)(O)O)cc1CP(=O)(O)O. The minimum Gasteiger partial charge on any atom is -0.324 e. The first-order valence-corrected chi connectivity index (χ1v) is 7.71. The zero-order valence-corrected chi connectivity index (χ0v) is 10.2. The van der Waals surface area contributed by atoms with E-state index in [1.807, 2.05) is 0 Å². The maximum absolute atomic E-state index is 11.0. The van der Waals surface area contributed by atoms with Crippen molar-refractivity contribution >= 4 is 20.5 Å². The van der Waals surface area contributed by atoms with Crippen molar-refractivity contribution < 1.29 is 28.7 Å². The lowest BCUT2D eigenvalue weighted by atomic mass is 10.1. The fourth-order valence-corrected chi connectivity index (χ4v) is 2.61. The molecule has 0 aliphatic rings. The molecule has 8 heteroatoms. The Labute approximate surface area is 92.3 Å². The average Bonchev–Trinajstić information content (AvgIpc) is 2.04.